The van der Waals surface area contributed by atoms with Gasteiger partial charge in [0.2, 0.25) is 11.8 Å². The van der Waals surface area contributed by atoms with E-state index in [1.165, 1.54) is 6.92 Å². The van der Waals surface area contributed by atoms with Gasteiger partial charge in [0.25, 0.3) is 0 Å². The van der Waals surface area contributed by atoms with Gasteiger partial charge in [0.05, 0.1) is 17.8 Å². The Bertz CT molecular complexity index is 1270. The molecule has 0 fully saturated rings. The van der Waals surface area contributed by atoms with Gasteiger partial charge in [-0.25, -0.2) is 0 Å². The number of nitrogens with two attached hydrogens (primary N) is 1. The first kappa shape index (κ1) is 25.3. The number of nitrogens with one attached hydrogen (secondary N) is 1. The summed E-state index contributed by atoms with van der Waals surface area (Å²) in [5.41, 5.74) is 12.1. The van der Waals surface area contributed by atoms with Crippen LogP contribution in [0.1, 0.15) is 52.8 Å². The van der Waals surface area contributed by atoms with Crippen LogP contribution < -0.4 is 16.0 Å². The Balaban J connectivity index is 1.60. The molecule has 3 aromatic rings. The fraction of sp³-hybridized carbons (Fsp3) is 0.310. The highest BCUT2D eigenvalue weighted by atomic mass is 16.3. The molecule has 0 bridgehead atoms. The first-order chi connectivity index (χ1) is 17.1. The summed E-state index contributed by atoms with van der Waals surface area (Å²) >= 11 is 0. The number of hydrogen-bond donors (Lipinski definition) is 4. The third-order valence-corrected chi connectivity index (χ3v) is 6.86. The summed E-state index contributed by atoms with van der Waals surface area (Å²) in [6, 6.07) is 15.7. The molecule has 1 aliphatic rings. The fourth-order valence-corrected chi connectivity index (χ4v) is 5.07. The van der Waals surface area contributed by atoms with E-state index in [9.17, 15) is 19.8 Å². The molecule has 2 atom stereocenters. The fourth-order valence-electron chi connectivity index (χ4n) is 5.07. The molecule has 0 radical (unpaired) electrons. The number of carbonyl (C=O) groups is 2. The van der Waals surface area contributed by atoms with Gasteiger partial charge in [-0.05, 0) is 79.1 Å². The number of phenols is 2. The molecule has 4 rings (SSSR count). The van der Waals surface area contributed by atoms with Gasteiger partial charge in [-0.2, -0.15) is 0 Å². The summed E-state index contributed by atoms with van der Waals surface area (Å²) in [5.74, 6) is -0.261. The van der Waals surface area contributed by atoms with Gasteiger partial charge in [0, 0.05) is 19.0 Å². The number of anilines is 1. The number of phenolic OH excluding ortho intramolecular Hbond substituents is 2. The van der Waals surface area contributed by atoms with E-state index in [2.05, 4.69) is 5.32 Å². The van der Waals surface area contributed by atoms with Crippen LogP contribution in [0.15, 0.2) is 54.6 Å². The van der Waals surface area contributed by atoms with Crippen molar-refractivity contribution in [1.29, 1.82) is 0 Å². The van der Waals surface area contributed by atoms with Crippen LogP contribution in [0, 0.1) is 13.8 Å². The minimum Gasteiger partial charge on any atom is -0.508 e. The Morgan fingerprint density at radius 1 is 1.06 bits per heavy atom. The molecule has 0 saturated heterocycles. The maximum atomic E-state index is 13.2. The maximum Gasteiger partial charge on any atom is 0.237 e. The first-order valence-electron chi connectivity index (χ1n) is 12.2. The van der Waals surface area contributed by atoms with Crippen molar-refractivity contribution in [3.63, 3.8) is 0 Å². The molecule has 5 N–H and O–H groups in total. The molecule has 36 heavy (non-hydrogen) atoms. The van der Waals surface area contributed by atoms with Crippen LogP contribution in [-0.2, 0) is 22.4 Å². The zero-order valence-electron chi connectivity index (χ0n) is 20.9. The minimum absolute atomic E-state index is 0.0206. The summed E-state index contributed by atoms with van der Waals surface area (Å²) in [6.45, 7) is 5.62. The van der Waals surface area contributed by atoms with E-state index in [0.717, 1.165) is 27.8 Å². The average Bonchev–Trinajstić information content (AvgIpc) is 2.82. The third kappa shape index (κ3) is 5.36. The molecule has 0 spiro atoms. The Morgan fingerprint density at radius 3 is 2.36 bits per heavy atom. The molecule has 188 valence electrons. The summed E-state index contributed by atoms with van der Waals surface area (Å²) in [5, 5.41) is 23.8. The second-order valence-electron chi connectivity index (χ2n) is 9.60. The monoisotopic (exact) mass is 487 g/mol. The highest BCUT2D eigenvalue weighted by molar-refractivity contribution is 5.95. The van der Waals surface area contributed by atoms with Crippen molar-refractivity contribution in [2.24, 2.45) is 5.73 Å². The van der Waals surface area contributed by atoms with Crippen molar-refractivity contribution in [3.8, 4) is 11.5 Å². The molecular weight excluding hydrogens is 454 g/mol. The van der Waals surface area contributed by atoms with E-state index < -0.39 is 12.1 Å². The maximum absolute atomic E-state index is 13.2. The Morgan fingerprint density at radius 2 is 1.72 bits per heavy atom. The molecule has 0 saturated carbocycles. The van der Waals surface area contributed by atoms with E-state index >= 15 is 0 Å². The first-order valence-corrected chi connectivity index (χ1v) is 12.2. The van der Waals surface area contributed by atoms with Crippen molar-refractivity contribution < 1.29 is 19.8 Å². The Kier molecular flexibility index (Phi) is 7.31. The molecule has 2 amide bonds. The van der Waals surface area contributed by atoms with E-state index in [1.54, 1.807) is 23.1 Å². The van der Waals surface area contributed by atoms with Gasteiger partial charge in [-0.1, -0.05) is 36.4 Å². The van der Waals surface area contributed by atoms with Gasteiger partial charge in [0.15, 0.2) is 0 Å². The number of nitrogens with zero attached hydrogens (tertiary/aromatic N) is 1. The average molecular weight is 488 g/mol. The van der Waals surface area contributed by atoms with Crippen LogP contribution in [0.5, 0.6) is 11.5 Å². The molecule has 0 unspecified atom stereocenters. The highest BCUT2D eigenvalue weighted by Gasteiger charge is 2.32. The second kappa shape index (κ2) is 10.4. The normalized spacial score (nSPS) is 15.8. The number of carbonyl (C=O) groups excluding carboxylic acids is 2. The lowest BCUT2D eigenvalue weighted by molar-refractivity contribution is -0.123. The van der Waals surface area contributed by atoms with Crippen LogP contribution in [0.2, 0.25) is 0 Å². The van der Waals surface area contributed by atoms with Crippen LogP contribution in [-0.4, -0.2) is 34.6 Å². The summed E-state index contributed by atoms with van der Waals surface area (Å²) < 4.78 is 0. The lowest BCUT2D eigenvalue weighted by atomic mass is 9.91. The van der Waals surface area contributed by atoms with Crippen molar-refractivity contribution >= 4 is 17.5 Å². The second-order valence-corrected chi connectivity index (χ2v) is 9.60. The van der Waals surface area contributed by atoms with E-state index in [1.807, 2.05) is 50.2 Å². The molecule has 7 heteroatoms. The molecule has 1 heterocycles. The van der Waals surface area contributed by atoms with Gasteiger partial charge in [-0.15, -0.1) is 0 Å². The smallest absolute Gasteiger partial charge is 0.237 e. The third-order valence-electron chi connectivity index (χ3n) is 6.86. The lowest BCUT2D eigenvalue weighted by Gasteiger charge is -2.35. The van der Waals surface area contributed by atoms with Gasteiger partial charge in [0.1, 0.15) is 11.5 Å². The van der Waals surface area contributed by atoms with Crippen LogP contribution >= 0.6 is 0 Å². The van der Waals surface area contributed by atoms with E-state index in [-0.39, 0.29) is 23.3 Å². The van der Waals surface area contributed by atoms with Crippen LogP contribution in [0.3, 0.4) is 0 Å². The largest absolute Gasteiger partial charge is 0.508 e. The molecule has 0 aliphatic carbocycles. The number of fused-ring (bicyclic) bond motifs is 1. The topological polar surface area (TPSA) is 116 Å². The van der Waals surface area contributed by atoms with Crippen LogP contribution in [0.25, 0.3) is 0 Å². The van der Waals surface area contributed by atoms with E-state index in [4.69, 9.17) is 5.73 Å². The lowest BCUT2D eigenvalue weighted by Crippen LogP contribution is -2.46. The van der Waals surface area contributed by atoms with Crippen molar-refractivity contribution in [3.05, 3.63) is 88.0 Å². The Hall–Kier alpha value is -3.84. The zero-order valence-corrected chi connectivity index (χ0v) is 20.9. The van der Waals surface area contributed by atoms with Crippen molar-refractivity contribution in [1.82, 2.24) is 5.32 Å². The number of amides is 2. The molecular formula is C29H33N3O4. The van der Waals surface area contributed by atoms with Gasteiger partial charge >= 0.3 is 0 Å². The number of aryl methyl sites for hydroxylation is 2. The molecule has 7 nitrogen and oxygen atoms in total. The highest BCUT2D eigenvalue weighted by Crippen LogP contribution is 2.41. The van der Waals surface area contributed by atoms with Gasteiger partial charge < -0.3 is 26.2 Å². The predicted octanol–water partition coefficient (Wildman–Crippen LogP) is 3.79. The summed E-state index contributed by atoms with van der Waals surface area (Å²) in [4.78, 5) is 27.0. The van der Waals surface area contributed by atoms with Crippen molar-refractivity contribution in [2.45, 2.75) is 52.1 Å². The quantitative estimate of drug-likeness (QED) is 0.422. The summed E-state index contributed by atoms with van der Waals surface area (Å²) in [6.07, 6.45) is 1.46. The van der Waals surface area contributed by atoms with E-state index in [0.29, 0.717) is 37.1 Å². The van der Waals surface area contributed by atoms with Crippen molar-refractivity contribution in [2.75, 3.05) is 11.4 Å². The minimum atomic E-state index is -0.790. The summed E-state index contributed by atoms with van der Waals surface area (Å²) in [7, 11) is 0. The number of benzene rings is 3. The molecule has 1 aliphatic heterocycles. The number of rotatable bonds is 6. The Labute approximate surface area is 211 Å². The molecule has 3 aromatic carbocycles. The molecule has 0 aromatic heterocycles. The zero-order chi connectivity index (χ0) is 26.0. The number of aromatic hydroxyl groups is 2. The SMILES string of the molecule is CC(=O)N1CC[C@@H](NC(=O)[C@@H](N)Cc2c(C)cc(O)cc2C)c2cc(Cc3ccccc3)cc(O)c21. The number of hydrogen-bond acceptors (Lipinski definition) is 5. The van der Waals surface area contributed by atoms with Gasteiger partial charge in [-0.3, -0.25) is 9.59 Å². The van der Waals surface area contributed by atoms with Crippen LogP contribution in [0.4, 0.5) is 5.69 Å². The predicted molar refractivity (Wildman–Crippen MR) is 140 cm³/mol. The standard InChI is InChI=1S/C29H33N3O4/c1-17-11-22(34)12-18(2)23(17)16-25(30)29(36)31-26-9-10-32(19(3)33)28-24(26)14-21(15-27(28)35)13-20-7-5-4-6-8-20/h4-8,11-12,14-15,25-26,34-35H,9-10,13,16,30H2,1-3H3,(H,31,36)/t25-,26+/m0/s1.